The van der Waals surface area contributed by atoms with Gasteiger partial charge in [0.05, 0.1) is 6.54 Å². The van der Waals surface area contributed by atoms with Gasteiger partial charge in [-0.25, -0.2) is 0 Å². The van der Waals surface area contributed by atoms with Gasteiger partial charge in [-0.3, -0.25) is 9.89 Å². The number of benzene rings is 1. The van der Waals surface area contributed by atoms with Crippen LogP contribution in [-0.2, 0) is 0 Å². The molecule has 2 saturated heterocycles. The first-order chi connectivity index (χ1) is 12.2. The third-order valence-electron chi connectivity index (χ3n) is 5.13. The second kappa shape index (κ2) is 8.88. The summed E-state index contributed by atoms with van der Waals surface area (Å²) in [5, 5.41) is 14.4. The smallest absolute Gasteiger partial charge is 0.194 e. The molecule has 1 aromatic rings. The second-order valence-corrected chi connectivity index (χ2v) is 7.27. The van der Waals surface area contributed by atoms with Crippen LogP contribution in [-0.4, -0.2) is 66.2 Å². The van der Waals surface area contributed by atoms with Crippen molar-refractivity contribution in [1.82, 2.24) is 15.1 Å². The van der Waals surface area contributed by atoms with E-state index < -0.39 is 6.10 Å². The summed E-state index contributed by atoms with van der Waals surface area (Å²) < 4.78 is 0. The average Bonchev–Trinajstić information content (AvgIpc) is 3.29. The van der Waals surface area contributed by atoms with E-state index in [1.165, 1.54) is 32.4 Å². The molecule has 5 nitrogen and oxygen atoms in total. The van der Waals surface area contributed by atoms with Crippen molar-refractivity contribution < 1.29 is 5.11 Å². The molecule has 2 N–H and O–H groups in total. The largest absolute Gasteiger partial charge is 0.386 e. The van der Waals surface area contributed by atoms with Crippen LogP contribution in [0, 0.1) is 0 Å². The molecule has 138 valence electrons. The minimum atomic E-state index is -0.681. The molecule has 25 heavy (non-hydrogen) atoms. The molecule has 0 spiro atoms. The van der Waals surface area contributed by atoms with Crippen LogP contribution in [0.1, 0.15) is 37.9 Å². The number of likely N-dealkylation sites (tertiary alicyclic amines) is 2. The zero-order valence-electron chi connectivity index (χ0n) is 15.0. The number of halogens is 1. The number of hydrogen-bond donors (Lipinski definition) is 2. The summed E-state index contributed by atoms with van der Waals surface area (Å²) >= 11 is 6.17. The van der Waals surface area contributed by atoms with Gasteiger partial charge in [-0.1, -0.05) is 29.8 Å². The minimum absolute atomic E-state index is 0.316. The Morgan fingerprint density at radius 2 is 2.08 bits per heavy atom. The molecule has 2 unspecified atom stereocenters. The van der Waals surface area contributed by atoms with Gasteiger partial charge in [-0.2, -0.15) is 0 Å². The van der Waals surface area contributed by atoms with E-state index in [4.69, 9.17) is 11.6 Å². The highest BCUT2D eigenvalue weighted by atomic mass is 35.5. The maximum absolute atomic E-state index is 10.4. The fraction of sp³-hybridized carbons (Fsp3) is 0.632. The molecule has 0 radical (unpaired) electrons. The number of rotatable bonds is 5. The van der Waals surface area contributed by atoms with E-state index in [0.717, 1.165) is 31.2 Å². The Bertz CT molecular complexity index is 589. The Morgan fingerprint density at radius 3 is 2.80 bits per heavy atom. The average molecular weight is 365 g/mol. The number of aliphatic hydroxyl groups is 1. The molecule has 1 aromatic carbocycles. The quantitative estimate of drug-likeness (QED) is 0.622. The fourth-order valence-electron chi connectivity index (χ4n) is 3.78. The molecule has 2 aliphatic heterocycles. The van der Waals surface area contributed by atoms with Crippen molar-refractivity contribution in [2.24, 2.45) is 4.99 Å². The molecule has 6 heteroatoms. The Kier molecular flexibility index (Phi) is 6.57. The first kappa shape index (κ1) is 18.5. The fourth-order valence-corrected chi connectivity index (χ4v) is 4.04. The first-order valence-electron chi connectivity index (χ1n) is 9.39. The van der Waals surface area contributed by atoms with Crippen molar-refractivity contribution >= 4 is 17.6 Å². The van der Waals surface area contributed by atoms with E-state index in [0.29, 0.717) is 17.6 Å². The maximum atomic E-state index is 10.4. The van der Waals surface area contributed by atoms with Crippen molar-refractivity contribution in [3.05, 3.63) is 34.9 Å². The molecule has 0 bridgehead atoms. The molecule has 2 heterocycles. The highest BCUT2D eigenvalue weighted by Gasteiger charge is 2.30. The first-order valence-corrected chi connectivity index (χ1v) is 9.76. The predicted molar refractivity (Wildman–Crippen MR) is 103 cm³/mol. The third kappa shape index (κ3) is 4.66. The van der Waals surface area contributed by atoms with Gasteiger partial charge in [0.15, 0.2) is 5.96 Å². The van der Waals surface area contributed by atoms with Gasteiger partial charge in [0.2, 0.25) is 0 Å². The maximum Gasteiger partial charge on any atom is 0.194 e. The Balaban J connectivity index is 1.62. The minimum Gasteiger partial charge on any atom is -0.386 e. The lowest BCUT2D eigenvalue weighted by Crippen LogP contribution is -2.43. The second-order valence-electron chi connectivity index (χ2n) is 6.86. The van der Waals surface area contributed by atoms with Gasteiger partial charge in [-0.05, 0) is 45.3 Å². The number of aliphatic hydroxyl groups excluding tert-OH is 1. The van der Waals surface area contributed by atoms with E-state index in [-0.39, 0.29) is 0 Å². The van der Waals surface area contributed by atoms with E-state index in [1.807, 2.05) is 18.2 Å². The van der Waals surface area contributed by atoms with Crippen LogP contribution in [0.3, 0.4) is 0 Å². The number of hydrogen-bond acceptors (Lipinski definition) is 3. The zero-order chi connectivity index (χ0) is 17.6. The number of nitrogens with one attached hydrogen (secondary N) is 1. The summed E-state index contributed by atoms with van der Waals surface area (Å²) in [7, 11) is 0. The van der Waals surface area contributed by atoms with Gasteiger partial charge in [0.25, 0.3) is 0 Å². The molecule has 0 amide bonds. The van der Waals surface area contributed by atoms with E-state index in [2.05, 4.69) is 27.0 Å². The van der Waals surface area contributed by atoms with Crippen LogP contribution < -0.4 is 5.32 Å². The van der Waals surface area contributed by atoms with E-state index in [9.17, 15) is 5.11 Å². The van der Waals surface area contributed by atoms with Crippen LogP contribution in [0.15, 0.2) is 29.3 Å². The van der Waals surface area contributed by atoms with Gasteiger partial charge in [0.1, 0.15) is 6.10 Å². The highest BCUT2D eigenvalue weighted by molar-refractivity contribution is 6.31. The molecule has 2 aliphatic rings. The van der Waals surface area contributed by atoms with Crippen molar-refractivity contribution in [2.45, 2.75) is 38.3 Å². The molecule has 2 fully saturated rings. The lowest BCUT2D eigenvalue weighted by atomic mass is 10.1. The number of nitrogens with zero attached hydrogens (tertiary/aromatic N) is 3. The highest BCUT2D eigenvalue weighted by Crippen LogP contribution is 2.23. The van der Waals surface area contributed by atoms with Crippen LogP contribution in [0.25, 0.3) is 0 Å². The predicted octanol–water partition coefficient (Wildman–Crippen LogP) is 2.51. The summed E-state index contributed by atoms with van der Waals surface area (Å²) in [6.07, 6.45) is 3.17. The summed E-state index contributed by atoms with van der Waals surface area (Å²) in [5.41, 5.74) is 0.736. The van der Waals surface area contributed by atoms with E-state index >= 15 is 0 Å². The zero-order valence-corrected chi connectivity index (χ0v) is 15.8. The standard InChI is InChI=1S/C19H29ClN4O/c1-2-21-19(22-13-18(25)16-7-3-4-8-17(16)20)24-12-9-15(14-24)23-10-5-6-11-23/h3-4,7-8,15,18,25H,2,5-6,9-14H2,1H3,(H,21,22). The van der Waals surface area contributed by atoms with Crippen molar-refractivity contribution in [1.29, 1.82) is 0 Å². The van der Waals surface area contributed by atoms with Crippen LogP contribution in [0.5, 0.6) is 0 Å². The van der Waals surface area contributed by atoms with Gasteiger partial charge in [0, 0.05) is 36.3 Å². The Hall–Kier alpha value is -1.30. The van der Waals surface area contributed by atoms with Gasteiger partial charge in [-0.15, -0.1) is 0 Å². The summed E-state index contributed by atoms with van der Waals surface area (Å²) in [4.78, 5) is 9.62. The van der Waals surface area contributed by atoms with Crippen molar-refractivity contribution in [3.63, 3.8) is 0 Å². The molecule has 0 saturated carbocycles. The number of aliphatic imine (C=N–C) groups is 1. The van der Waals surface area contributed by atoms with E-state index in [1.54, 1.807) is 6.07 Å². The molecule has 0 aliphatic carbocycles. The lowest BCUT2D eigenvalue weighted by molar-refractivity contribution is 0.186. The Labute approximate surface area is 155 Å². The van der Waals surface area contributed by atoms with Gasteiger partial charge < -0.3 is 15.3 Å². The molecule has 0 aromatic heterocycles. The topological polar surface area (TPSA) is 51.1 Å². The molecule has 2 atom stereocenters. The van der Waals surface area contributed by atoms with Crippen LogP contribution in [0.4, 0.5) is 0 Å². The Morgan fingerprint density at radius 1 is 1.32 bits per heavy atom. The normalized spacial score (nSPS) is 23.2. The monoisotopic (exact) mass is 364 g/mol. The van der Waals surface area contributed by atoms with Crippen LogP contribution in [0.2, 0.25) is 5.02 Å². The third-order valence-corrected chi connectivity index (χ3v) is 5.48. The summed E-state index contributed by atoms with van der Waals surface area (Å²) in [5.74, 6) is 0.898. The van der Waals surface area contributed by atoms with Crippen LogP contribution >= 0.6 is 11.6 Å². The molecule has 3 rings (SSSR count). The van der Waals surface area contributed by atoms with Gasteiger partial charge >= 0.3 is 0 Å². The summed E-state index contributed by atoms with van der Waals surface area (Å²) in [6.45, 7) is 7.73. The lowest BCUT2D eigenvalue weighted by Gasteiger charge is -2.25. The number of guanidine groups is 1. The molecular weight excluding hydrogens is 336 g/mol. The SMILES string of the molecule is CCNC(=NCC(O)c1ccccc1Cl)N1CCC(N2CCCC2)C1. The van der Waals surface area contributed by atoms with Crippen molar-refractivity contribution in [2.75, 3.05) is 39.3 Å². The summed E-state index contributed by atoms with van der Waals surface area (Å²) in [6, 6.07) is 8.06. The molecular formula is C19H29ClN4O. The van der Waals surface area contributed by atoms with Crippen molar-refractivity contribution in [3.8, 4) is 0 Å².